The highest BCUT2D eigenvalue weighted by Crippen LogP contribution is 2.41. The second-order valence-electron chi connectivity index (χ2n) is 11.7. The minimum Gasteiger partial charge on any atom is -0.480 e. The zero-order valence-corrected chi connectivity index (χ0v) is 27.8. The maximum atomic E-state index is 13.7. The predicted molar refractivity (Wildman–Crippen MR) is 177 cm³/mol. The minimum absolute atomic E-state index is 0.0130. The number of amides is 2. The van der Waals surface area contributed by atoms with Crippen molar-refractivity contribution in [2.24, 2.45) is 5.73 Å². The zero-order chi connectivity index (χ0) is 35.5. The molecule has 0 radical (unpaired) electrons. The van der Waals surface area contributed by atoms with Crippen LogP contribution in [-0.4, -0.2) is 80.5 Å². The average Bonchev–Trinajstić information content (AvgIpc) is 3.45. The highest BCUT2D eigenvalue weighted by molar-refractivity contribution is 7.98. The van der Waals surface area contributed by atoms with Crippen molar-refractivity contribution in [1.29, 1.82) is 0 Å². The molecule has 2 amide bonds. The number of aliphatic hydroxyl groups is 1. The van der Waals surface area contributed by atoms with Crippen LogP contribution in [0.15, 0.2) is 35.1 Å². The average molecular weight is 696 g/mol. The van der Waals surface area contributed by atoms with E-state index in [1.165, 1.54) is 11.8 Å². The summed E-state index contributed by atoms with van der Waals surface area (Å²) < 4.78 is 11.6. The summed E-state index contributed by atoms with van der Waals surface area (Å²) in [7, 11) is 0. The van der Waals surface area contributed by atoms with Gasteiger partial charge in [0.1, 0.15) is 25.2 Å². The number of benzene rings is 1. The Labute approximate surface area is 284 Å². The van der Waals surface area contributed by atoms with Gasteiger partial charge in [-0.3, -0.25) is 24.0 Å². The standard InChI is InChI=1S/C33H37N5O10S/c1-3-33(46)21-11-25-28-18(13-38(25)30(42)19(21)14-48-32(33)45)20(17-7-5-6-8-23(17)37-28)15-49-16-24(29(41)35-12-27(40)47-4-2)36-26(39)10-9-22(34)31(43)44/h5-8,11,22,24,46H,3-4,9-10,12-16,34H2,1-2H3,(H,35,41)(H,36,39)(H,43,44)/t22?,24?,33-/m0/s1. The molecule has 0 aliphatic carbocycles. The highest BCUT2D eigenvalue weighted by atomic mass is 32.2. The summed E-state index contributed by atoms with van der Waals surface area (Å²) in [6.07, 6.45) is -0.359. The molecular weight excluding hydrogens is 658 g/mol. The molecule has 2 unspecified atom stereocenters. The Morgan fingerprint density at radius 2 is 1.94 bits per heavy atom. The van der Waals surface area contributed by atoms with Gasteiger partial charge in [-0.1, -0.05) is 25.1 Å². The molecule has 3 aromatic rings. The van der Waals surface area contributed by atoms with Gasteiger partial charge in [0.2, 0.25) is 11.8 Å². The molecule has 1 aromatic carbocycles. The third-order valence-corrected chi connectivity index (χ3v) is 9.67. The van der Waals surface area contributed by atoms with E-state index < -0.39 is 59.5 Å². The largest absolute Gasteiger partial charge is 0.480 e. The van der Waals surface area contributed by atoms with Gasteiger partial charge in [-0.05, 0) is 37.5 Å². The molecule has 49 heavy (non-hydrogen) atoms. The molecule has 2 aliphatic heterocycles. The number of rotatable bonds is 14. The first-order chi connectivity index (χ1) is 23.4. The second kappa shape index (κ2) is 14.8. The molecule has 0 saturated heterocycles. The van der Waals surface area contributed by atoms with Crippen LogP contribution in [0.25, 0.3) is 22.3 Å². The topological polar surface area (TPSA) is 229 Å². The lowest BCUT2D eigenvalue weighted by atomic mass is 9.86. The van der Waals surface area contributed by atoms with Crippen molar-refractivity contribution in [2.45, 2.75) is 69.7 Å². The summed E-state index contributed by atoms with van der Waals surface area (Å²) >= 11 is 1.32. The molecule has 4 heterocycles. The van der Waals surface area contributed by atoms with E-state index in [1.807, 2.05) is 24.3 Å². The normalized spacial score (nSPS) is 17.3. The maximum Gasteiger partial charge on any atom is 0.343 e. The Morgan fingerprint density at radius 3 is 2.65 bits per heavy atom. The number of hydrogen-bond acceptors (Lipinski definition) is 12. The van der Waals surface area contributed by atoms with Crippen LogP contribution < -0.4 is 21.9 Å². The van der Waals surface area contributed by atoms with Crippen molar-refractivity contribution < 1.29 is 43.7 Å². The van der Waals surface area contributed by atoms with Gasteiger partial charge in [0.05, 0.1) is 35.6 Å². The van der Waals surface area contributed by atoms with Crippen LogP contribution >= 0.6 is 11.8 Å². The van der Waals surface area contributed by atoms with E-state index in [4.69, 9.17) is 25.3 Å². The van der Waals surface area contributed by atoms with Crippen molar-refractivity contribution in [2.75, 3.05) is 18.9 Å². The number of carboxylic acid groups (broad SMARTS) is 1. The number of thioether (sulfide) groups is 1. The molecule has 0 spiro atoms. The van der Waals surface area contributed by atoms with E-state index in [2.05, 4.69) is 10.6 Å². The summed E-state index contributed by atoms with van der Waals surface area (Å²) in [5.41, 5.74) is 6.81. The Bertz CT molecular complexity index is 1900. The summed E-state index contributed by atoms with van der Waals surface area (Å²) in [4.78, 5) is 80.0. The van der Waals surface area contributed by atoms with Crippen molar-refractivity contribution in [3.05, 3.63) is 62.9 Å². The number of nitrogens with one attached hydrogen (secondary N) is 2. The van der Waals surface area contributed by atoms with Gasteiger partial charge in [-0.2, -0.15) is 11.8 Å². The van der Waals surface area contributed by atoms with E-state index >= 15 is 0 Å². The number of carboxylic acids is 1. The predicted octanol–water partition coefficient (Wildman–Crippen LogP) is 0.669. The number of fused-ring (bicyclic) bond motifs is 5. The molecular formula is C33H37N5O10S. The highest BCUT2D eigenvalue weighted by Gasteiger charge is 2.45. The van der Waals surface area contributed by atoms with Gasteiger partial charge in [-0.15, -0.1) is 0 Å². The minimum atomic E-state index is -1.97. The van der Waals surface area contributed by atoms with Gasteiger partial charge in [0.25, 0.3) is 5.56 Å². The fourth-order valence-corrected chi connectivity index (χ4v) is 7.03. The van der Waals surface area contributed by atoms with Gasteiger partial charge >= 0.3 is 17.9 Å². The number of para-hydroxylation sites is 1. The summed E-state index contributed by atoms with van der Waals surface area (Å²) in [5, 5.41) is 26.2. The van der Waals surface area contributed by atoms with Gasteiger partial charge in [0, 0.05) is 34.4 Å². The third kappa shape index (κ3) is 7.16. The first-order valence-corrected chi connectivity index (χ1v) is 16.9. The third-order valence-electron chi connectivity index (χ3n) is 8.61. The second-order valence-corrected chi connectivity index (χ2v) is 12.7. The first kappa shape index (κ1) is 35.5. The molecule has 260 valence electrons. The quantitative estimate of drug-likeness (QED) is 0.114. The molecule has 3 atom stereocenters. The molecule has 0 bridgehead atoms. The van der Waals surface area contributed by atoms with Crippen LogP contribution in [0.5, 0.6) is 0 Å². The molecule has 15 nitrogen and oxygen atoms in total. The summed E-state index contributed by atoms with van der Waals surface area (Å²) in [6, 6.07) is 6.71. The molecule has 2 aromatic heterocycles. The summed E-state index contributed by atoms with van der Waals surface area (Å²) in [5.74, 6) is -3.54. The molecule has 6 N–H and O–H groups in total. The number of pyridine rings is 2. The molecule has 0 fully saturated rings. The maximum absolute atomic E-state index is 13.7. The fraction of sp³-hybridized carbons (Fsp3) is 0.424. The lowest BCUT2D eigenvalue weighted by Gasteiger charge is -2.31. The Kier molecular flexibility index (Phi) is 10.7. The molecule has 5 rings (SSSR count). The number of ether oxygens (including phenoxy) is 2. The van der Waals surface area contributed by atoms with E-state index in [1.54, 1.807) is 24.5 Å². The smallest absolute Gasteiger partial charge is 0.343 e. The Hall–Kier alpha value is -4.80. The number of hydrogen-bond donors (Lipinski definition) is 5. The number of aliphatic carboxylic acids is 1. The van der Waals surface area contributed by atoms with Crippen LogP contribution in [0.1, 0.15) is 55.4 Å². The summed E-state index contributed by atoms with van der Waals surface area (Å²) in [6.45, 7) is 2.91. The van der Waals surface area contributed by atoms with Crippen LogP contribution in [0.2, 0.25) is 0 Å². The van der Waals surface area contributed by atoms with Crippen LogP contribution in [0, 0.1) is 0 Å². The van der Waals surface area contributed by atoms with E-state index in [9.17, 15) is 33.9 Å². The molecule has 2 aliphatic rings. The van der Waals surface area contributed by atoms with Gasteiger partial charge in [0.15, 0.2) is 5.60 Å². The number of aromatic nitrogens is 2. The van der Waals surface area contributed by atoms with E-state index in [-0.39, 0.29) is 55.9 Å². The monoisotopic (exact) mass is 695 g/mol. The van der Waals surface area contributed by atoms with E-state index in [0.29, 0.717) is 22.7 Å². The Balaban J connectivity index is 1.43. The van der Waals surface area contributed by atoms with Crippen molar-refractivity contribution >= 4 is 52.4 Å². The number of carbonyl (C=O) groups excluding carboxylic acids is 4. The zero-order valence-electron chi connectivity index (χ0n) is 26.9. The van der Waals surface area contributed by atoms with Gasteiger partial charge in [-0.25, -0.2) is 9.78 Å². The number of cyclic esters (lactones) is 1. The fourth-order valence-electron chi connectivity index (χ4n) is 5.91. The van der Waals surface area contributed by atoms with Crippen molar-refractivity contribution in [3.63, 3.8) is 0 Å². The van der Waals surface area contributed by atoms with Gasteiger partial charge < -0.3 is 40.6 Å². The van der Waals surface area contributed by atoms with Crippen molar-refractivity contribution in [3.8, 4) is 11.4 Å². The number of nitrogens with zero attached hydrogens (tertiary/aromatic N) is 2. The van der Waals surface area contributed by atoms with Crippen LogP contribution in [0.4, 0.5) is 0 Å². The SMILES string of the molecule is CCOC(=O)CNC(=O)C(CSCc1c2c(nc3ccccc13)-c1cc3c(c(=O)n1C2)COC(=O)[C@]3(O)CC)NC(=O)CCC(N)C(=O)O. The number of carbonyl (C=O) groups is 5. The number of esters is 2. The lowest BCUT2D eigenvalue weighted by molar-refractivity contribution is -0.172. The van der Waals surface area contributed by atoms with Crippen LogP contribution in [-0.2, 0) is 58.0 Å². The molecule has 0 saturated carbocycles. The Morgan fingerprint density at radius 1 is 1.18 bits per heavy atom. The lowest BCUT2D eigenvalue weighted by Crippen LogP contribution is -2.49. The first-order valence-electron chi connectivity index (χ1n) is 15.8. The van der Waals surface area contributed by atoms with Crippen molar-refractivity contribution in [1.82, 2.24) is 20.2 Å². The molecule has 16 heteroatoms. The van der Waals surface area contributed by atoms with E-state index in [0.717, 1.165) is 16.5 Å². The number of nitrogens with two attached hydrogens (primary N) is 1. The van der Waals surface area contributed by atoms with Crippen LogP contribution in [0.3, 0.4) is 0 Å².